The van der Waals surface area contributed by atoms with Crippen LogP contribution in [0.1, 0.15) is 10.6 Å². The predicted molar refractivity (Wildman–Crippen MR) is 86.4 cm³/mol. The minimum absolute atomic E-state index is 0.183. The third-order valence-electron chi connectivity index (χ3n) is 3.94. The van der Waals surface area contributed by atoms with Gasteiger partial charge in [0.1, 0.15) is 11.6 Å². The Bertz CT molecular complexity index is 837. The zero-order chi connectivity index (χ0) is 17.3. The lowest BCUT2D eigenvalue weighted by atomic mass is 10.2. The molecule has 1 aliphatic heterocycles. The van der Waals surface area contributed by atoms with E-state index in [1.165, 1.54) is 16.4 Å². The standard InChI is InChI=1S/C16H17FN2O4S/c1-24(21,22)19-10-8-18(9-11-19)16(20)15-7-6-14(23-15)12-2-4-13(17)5-3-12/h2-7H,8-11H2,1H3. The second-order valence-electron chi connectivity index (χ2n) is 5.63. The third kappa shape index (κ3) is 3.49. The van der Waals surface area contributed by atoms with Gasteiger partial charge in [0, 0.05) is 31.7 Å². The topological polar surface area (TPSA) is 70.8 Å². The maximum atomic E-state index is 13.0. The fraction of sp³-hybridized carbons (Fsp3) is 0.312. The van der Waals surface area contributed by atoms with Crippen molar-refractivity contribution in [1.29, 1.82) is 0 Å². The van der Waals surface area contributed by atoms with Crippen LogP contribution in [0.25, 0.3) is 11.3 Å². The second kappa shape index (κ2) is 6.37. The molecule has 0 aliphatic carbocycles. The van der Waals surface area contributed by atoms with Gasteiger partial charge in [-0.3, -0.25) is 4.79 Å². The summed E-state index contributed by atoms with van der Waals surface area (Å²) in [6.45, 7) is 1.18. The first kappa shape index (κ1) is 16.7. The molecule has 1 aromatic carbocycles. The number of furan rings is 1. The normalized spacial score (nSPS) is 16.3. The number of piperazine rings is 1. The van der Waals surface area contributed by atoms with E-state index in [2.05, 4.69) is 0 Å². The molecule has 1 fully saturated rings. The molecule has 0 unspecified atom stereocenters. The van der Waals surface area contributed by atoms with Crippen molar-refractivity contribution in [3.8, 4) is 11.3 Å². The lowest BCUT2D eigenvalue weighted by molar-refractivity contribution is 0.0667. The number of sulfonamides is 1. The summed E-state index contributed by atoms with van der Waals surface area (Å²) >= 11 is 0. The minimum atomic E-state index is -3.23. The largest absolute Gasteiger partial charge is 0.451 e. The van der Waals surface area contributed by atoms with Gasteiger partial charge in [0.05, 0.1) is 6.26 Å². The average molecular weight is 352 g/mol. The molecule has 0 atom stereocenters. The van der Waals surface area contributed by atoms with E-state index in [0.717, 1.165) is 6.26 Å². The lowest BCUT2D eigenvalue weighted by Crippen LogP contribution is -2.50. The molecule has 1 aliphatic rings. The van der Waals surface area contributed by atoms with Gasteiger partial charge >= 0.3 is 0 Å². The number of hydrogen-bond acceptors (Lipinski definition) is 4. The van der Waals surface area contributed by atoms with E-state index in [-0.39, 0.29) is 30.6 Å². The van der Waals surface area contributed by atoms with Crippen LogP contribution in [0.2, 0.25) is 0 Å². The molecule has 24 heavy (non-hydrogen) atoms. The summed E-state index contributed by atoms with van der Waals surface area (Å²) in [5.41, 5.74) is 0.678. The Morgan fingerprint density at radius 1 is 1.04 bits per heavy atom. The first-order valence-corrected chi connectivity index (χ1v) is 9.29. The van der Waals surface area contributed by atoms with Crippen LogP contribution in [-0.4, -0.2) is 56.0 Å². The first-order chi connectivity index (χ1) is 11.3. The molecular weight excluding hydrogens is 335 g/mol. The SMILES string of the molecule is CS(=O)(=O)N1CCN(C(=O)c2ccc(-c3ccc(F)cc3)o2)CC1. The van der Waals surface area contributed by atoms with E-state index in [4.69, 9.17) is 4.42 Å². The van der Waals surface area contributed by atoms with Crippen LogP contribution in [-0.2, 0) is 10.0 Å². The van der Waals surface area contributed by atoms with Gasteiger partial charge in [0.25, 0.3) is 5.91 Å². The number of rotatable bonds is 3. The summed E-state index contributed by atoms with van der Waals surface area (Å²) in [7, 11) is -3.23. The van der Waals surface area contributed by atoms with Crippen molar-refractivity contribution in [1.82, 2.24) is 9.21 Å². The Morgan fingerprint density at radius 3 is 2.25 bits per heavy atom. The number of halogens is 1. The van der Waals surface area contributed by atoms with Crippen LogP contribution >= 0.6 is 0 Å². The molecular formula is C16H17FN2O4S. The van der Waals surface area contributed by atoms with Crippen LogP contribution < -0.4 is 0 Å². The molecule has 6 nitrogen and oxygen atoms in total. The van der Waals surface area contributed by atoms with Crippen molar-refractivity contribution in [2.75, 3.05) is 32.4 Å². The number of hydrogen-bond donors (Lipinski definition) is 0. The maximum absolute atomic E-state index is 13.0. The molecule has 1 saturated heterocycles. The van der Waals surface area contributed by atoms with Crippen LogP contribution in [0, 0.1) is 5.82 Å². The third-order valence-corrected chi connectivity index (χ3v) is 5.24. The molecule has 2 aromatic rings. The molecule has 0 N–H and O–H groups in total. The molecule has 0 radical (unpaired) electrons. The number of nitrogens with zero attached hydrogens (tertiary/aromatic N) is 2. The Hall–Kier alpha value is -2.19. The van der Waals surface area contributed by atoms with Crippen molar-refractivity contribution in [3.63, 3.8) is 0 Å². The quantitative estimate of drug-likeness (QED) is 0.845. The summed E-state index contributed by atoms with van der Waals surface area (Å²) in [5.74, 6) is 0.0390. The monoisotopic (exact) mass is 352 g/mol. The summed E-state index contributed by atoms with van der Waals surface area (Å²) < 4.78 is 42.9. The summed E-state index contributed by atoms with van der Waals surface area (Å²) in [5, 5.41) is 0. The van der Waals surface area contributed by atoms with Gasteiger partial charge in [-0.25, -0.2) is 12.8 Å². The van der Waals surface area contributed by atoms with Crippen LogP contribution in [0.4, 0.5) is 4.39 Å². The van der Waals surface area contributed by atoms with E-state index in [1.54, 1.807) is 29.2 Å². The molecule has 3 rings (SSSR count). The molecule has 8 heteroatoms. The van der Waals surface area contributed by atoms with Gasteiger partial charge in [0.15, 0.2) is 5.76 Å². The van der Waals surface area contributed by atoms with E-state index in [9.17, 15) is 17.6 Å². The highest BCUT2D eigenvalue weighted by molar-refractivity contribution is 7.88. The van der Waals surface area contributed by atoms with Crippen molar-refractivity contribution in [2.24, 2.45) is 0 Å². The molecule has 0 spiro atoms. The molecule has 128 valence electrons. The molecule has 0 bridgehead atoms. The second-order valence-corrected chi connectivity index (χ2v) is 7.61. The van der Waals surface area contributed by atoms with Crippen LogP contribution in [0.3, 0.4) is 0 Å². The fourth-order valence-electron chi connectivity index (χ4n) is 2.60. The van der Waals surface area contributed by atoms with Crippen molar-refractivity contribution < 1.29 is 22.0 Å². The number of carbonyl (C=O) groups excluding carboxylic acids is 1. The van der Waals surface area contributed by atoms with Crippen LogP contribution in [0.5, 0.6) is 0 Å². The predicted octanol–water partition coefficient (Wildman–Crippen LogP) is 1.80. The molecule has 1 amide bonds. The lowest BCUT2D eigenvalue weighted by Gasteiger charge is -2.32. The Morgan fingerprint density at radius 2 is 1.67 bits per heavy atom. The van der Waals surface area contributed by atoms with Gasteiger partial charge in [-0.1, -0.05) is 0 Å². The van der Waals surface area contributed by atoms with E-state index in [1.807, 2.05) is 0 Å². The smallest absolute Gasteiger partial charge is 0.289 e. The number of benzene rings is 1. The average Bonchev–Trinajstić information content (AvgIpc) is 3.04. The highest BCUT2D eigenvalue weighted by Gasteiger charge is 2.28. The number of carbonyl (C=O) groups is 1. The molecule has 0 saturated carbocycles. The minimum Gasteiger partial charge on any atom is -0.451 e. The van der Waals surface area contributed by atoms with Gasteiger partial charge in [-0.15, -0.1) is 0 Å². The van der Waals surface area contributed by atoms with Gasteiger partial charge in [-0.2, -0.15) is 4.31 Å². The Kier molecular flexibility index (Phi) is 4.42. The first-order valence-electron chi connectivity index (χ1n) is 7.45. The Balaban J connectivity index is 1.70. The highest BCUT2D eigenvalue weighted by Crippen LogP contribution is 2.23. The van der Waals surface area contributed by atoms with Gasteiger partial charge < -0.3 is 9.32 Å². The van der Waals surface area contributed by atoms with Crippen molar-refractivity contribution in [3.05, 3.63) is 48.0 Å². The number of amides is 1. The van der Waals surface area contributed by atoms with Crippen molar-refractivity contribution in [2.45, 2.75) is 0 Å². The summed E-state index contributed by atoms with van der Waals surface area (Å²) in [6.07, 6.45) is 1.16. The van der Waals surface area contributed by atoms with E-state index >= 15 is 0 Å². The van der Waals surface area contributed by atoms with Gasteiger partial charge in [0.2, 0.25) is 10.0 Å². The zero-order valence-electron chi connectivity index (χ0n) is 13.1. The summed E-state index contributed by atoms with van der Waals surface area (Å²) in [6, 6.07) is 9.03. The molecule has 1 aromatic heterocycles. The van der Waals surface area contributed by atoms with Crippen molar-refractivity contribution >= 4 is 15.9 Å². The highest BCUT2D eigenvalue weighted by atomic mass is 32.2. The van der Waals surface area contributed by atoms with Crippen LogP contribution in [0.15, 0.2) is 40.8 Å². The Labute approximate surface area is 139 Å². The molecule has 2 heterocycles. The van der Waals surface area contributed by atoms with E-state index in [0.29, 0.717) is 24.4 Å². The zero-order valence-corrected chi connectivity index (χ0v) is 13.9. The summed E-state index contributed by atoms with van der Waals surface area (Å²) in [4.78, 5) is 14.0. The maximum Gasteiger partial charge on any atom is 0.289 e. The fourth-order valence-corrected chi connectivity index (χ4v) is 3.43. The van der Waals surface area contributed by atoms with E-state index < -0.39 is 10.0 Å². The van der Waals surface area contributed by atoms with Gasteiger partial charge in [-0.05, 0) is 36.4 Å².